The molecule has 4 rings (SSSR count). The number of amides is 1. The van der Waals surface area contributed by atoms with Crippen LogP contribution >= 0.6 is 0 Å². The second-order valence-electron chi connectivity index (χ2n) is 8.47. The lowest BCUT2D eigenvalue weighted by Crippen LogP contribution is -2.31. The fraction of sp³-hybridized carbons (Fsp3) is 0.214. The molecule has 1 heterocycles. The van der Waals surface area contributed by atoms with E-state index in [2.05, 4.69) is 0 Å². The van der Waals surface area contributed by atoms with Crippen molar-refractivity contribution in [3.63, 3.8) is 0 Å². The molecule has 1 aliphatic rings. The van der Waals surface area contributed by atoms with Crippen LogP contribution in [0.25, 0.3) is 5.76 Å². The van der Waals surface area contributed by atoms with Gasteiger partial charge in [-0.2, -0.15) is 0 Å². The smallest absolute Gasteiger partial charge is 0.295 e. The van der Waals surface area contributed by atoms with Gasteiger partial charge in [-0.1, -0.05) is 54.6 Å². The van der Waals surface area contributed by atoms with Crippen LogP contribution in [0.2, 0.25) is 0 Å². The summed E-state index contributed by atoms with van der Waals surface area (Å²) < 4.78 is 19.1. The third-order valence-corrected chi connectivity index (χ3v) is 5.69. The van der Waals surface area contributed by atoms with Crippen LogP contribution in [0.3, 0.4) is 0 Å². The summed E-state index contributed by atoms with van der Waals surface area (Å²) >= 11 is 0. The quantitative estimate of drug-likeness (QED) is 0.297. The lowest BCUT2D eigenvalue weighted by Gasteiger charge is -2.26. The molecule has 0 spiro atoms. The van der Waals surface area contributed by atoms with Gasteiger partial charge in [-0.15, -0.1) is 0 Å². The molecule has 0 saturated carbocycles. The minimum Gasteiger partial charge on any atom is -0.507 e. The fourth-order valence-electron chi connectivity index (χ4n) is 4.14. The van der Waals surface area contributed by atoms with Crippen LogP contribution < -0.4 is 4.74 Å². The Hall–Kier alpha value is -3.93. The molecule has 0 aliphatic carbocycles. The molecule has 0 radical (unpaired) electrons. The Morgan fingerprint density at radius 3 is 2.38 bits per heavy atom. The molecule has 5 nitrogen and oxygen atoms in total. The molecule has 0 bridgehead atoms. The Kier molecular flexibility index (Phi) is 6.77. The molecule has 1 atom stereocenters. The number of aliphatic hydroxyl groups is 1. The summed E-state index contributed by atoms with van der Waals surface area (Å²) in [5, 5.41) is 11.1. The van der Waals surface area contributed by atoms with Crippen molar-refractivity contribution >= 4 is 17.4 Å². The molecule has 1 fully saturated rings. The van der Waals surface area contributed by atoms with Crippen LogP contribution in [-0.2, 0) is 16.0 Å². The Bertz CT molecular complexity index is 1220. The minimum absolute atomic E-state index is 0.0389. The van der Waals surface area contributed by atoms with Gasteiger partial charge in [0, 0.05) is 12.1 Å². The molecule has 1 amide bonds. The highest BCUT2D eigenvalue weighted by Gasteiger charge is 2.45. The number of rotatable bonds is 7. The van der Waals surface area contributed by atoms with Gasteiger partial charge in [0.1, 0.15) is 17.3 Å². The van der Waals surface area contributed by atoms with Gasteiger partial charge in [0.25, 0.3) is 11.7 Å². The average Bonchev–Trinajstić information content (AvgIpc) is 3.08. The molecule has 1 unspecified atom stereocenters. The predicted molar refractivity (Wildman–Crippen MR) is 128 cm³/mol. The van der Waals surface area contributed by atoms with Crippen molar-refractivity contribution in [2.75, 3.05) is 6.54 Å². The number of likely N-dealkylation sites (tertiary alicyclic amines) is 1. The Morgan fingerprint density at radius 1 is 1.00 bits per heavy atom. The van der Waals surface area contributed by atoms with E-state index in [4.69, 9.17) is 4.74 Å². The van der Waals surface area contributed by atoms with Gasteiger partial charge >= 0.3 is 0 Å². The van der Waals surface area contributed by atoms with Crippen LogP contribution in [0.5, 0.6) is 5.75 Å². The number of ketones is 1. The lowest BCUT2D eigenvalue weighted by atomic mass is 9.95. The topological polar surface area (TPSA) is 66.8 Å². The van der Waals surface area contributed by atoms with Gasteiger partial charge in [0.15, 0.2) is 0 Å². The van der Waals surface area contributed by atoms with Crippen molar-refractivity contribution in [3.05, 3.63) is 107 Å². The van der Waals surface area contributed by atoms with E-state index in [0.717, 1.165) is 5.56 Å². The molecule has 1 N–H and O–H groups in total. The first-order chi connectivity index (χ1) is 16.3. The summed E-state index contributed by atoms with van der Waals surface area (Å²) in [6, 6.07) is 21.2. The summed E-state index contributed by atoms with van der Waals surface area (Å²) in [7, 11) is 0. The van der Waals surface area contributed by atoms with Crippen LogP contribution in [0.15, 0.2) is 84.4 Å². The van der Waals surface area contributed by atoms with Crippen molar-refractivity contribution in [2.45, 2.75) is 32.4 Å². The molecule has 3 aromatic carbocycles. The van der Waals surface area contributed by atoms with Crippen LogP contribution in [0.4, 0.5) is 4.39 Å². The highest BCUT2D eigenvalue weighted by Crippen LogP contribution is 2.40. The zero-order valence-corrected chi connectivity index (χ0v) is 19.1. The van der Waals surface area contributed by atoms with Crippen LogP contribution in [0, 0.1) is 5.82 Å². The second kappa shape index (κ2) is 9.91. The lowest BCUT2D eigenvalue weighted by molar-refractivity contribution is -0.139. The number of hydrogen-bond donors (Lipinski definition) is 1. The highest BCUT2D eigenvalue weighted by molar-refractivity contribution is 6.46. The molecule has 174 valence electrons. The summed E-state index contributed by atoms with van der Waals surface area (Å²) in [4.78, 5) is 27.7. The van der Waals surface area contributed by atoms with E-state index in [1.165, 1.54) is 17.0 Å². The first-order valence-corrected chi connectivity index (χ1v) is 11.2. The van der Waals surface area contributed by atoms with Gasteiger partial charge in [0.05, 0.1) is 17.7 Å². The second-order valence-corrected chi connectivity index (χ2v) is 8.47. The maximum Gasteiger partial charge on any atom is 0.295 e. The van der Waals surface area contributed by atoms with E-state index >= 15 is 0 Å². The molecule has 1 aliphatic heterocycles. The number of benzene rings is 3. The summed E-state index contributed by atoms with van der Waals surface area (Å²) in [5.41, 5.74) is 1.99. The molecule has 3 aromatic rings. The molecule has 6 heteroatoms. The Balaban J connectivity index is 1.77. The molecule has 0 aromatic heterocycles. The molecular weight excluding hydrogens is 433 g/mol. The van der Waals surface area contributed by atoms with Crippen molar-refractivity contribution in [2.24, 2.45) is 0 Å². The van der Waals surface area contributed by atoms with Crippen molar-refractivity contribution in [3.8, 4) is 5.75 Å². The fourth-order valence-corrected chi connectivity index (χ4v) is 4.14. The number of hydrogen-bond acceptors (Lipinski definition) is 4. The SMILES string of the molecule is CC(C)Oc1cccc(C2/C(=C(/O)c3ccccc3)C(=O)C(=O)N2CCc2ccc(F)cc2)c1. The molecule has 34 heavy (non-hydrogen) atoms. The summed E-state index contributed by atoms with van der Waals surface area (Å²) in [6.45, 7) is 4.05. The van der Waals surface area contributed by atoms with Crippen LogP contribution in [0.1, 0.15) is 36.6 Å². The maximum atomic E-state index is 13.3. The highest BCUT2D eigenvalue weighted by atomic mass is 19.1. The molecule has 1 saturated heterocycles. The number of aliphatic hydroxyl groups excluding tert-OH is 1. The van der Waals surface area contributed by atoms with Crippen molar-refractivity contribution in [1.29, 1.82) is 0 Å². The number of carbonyl (C=O) groups excluding carboxylic acids is 2. The summed E-state index contributed by atoms with van der Waals surface area (Å²) in [6.07, 6.45) is 0.376. The standard InChI is InChI=1S/C28H26FNO4/c1-18(2)34-23-10-6-9-21(17-23)25-24(26(31)20-7-4-3-5-8-20)27(32)28(33)30(25)16-15-19-11-13-22(29)14-12-19/h3-14,17-18,25,31H,15-16H2,1-2H3/b26-24-. The van der Waals surface area contributed by atoms with E-state index in [0.29, 0.717) is 23.3 Å². The van der Waals surface area contributed by atoms with Gasteiger partial charge in [0.2, 0.25) is 0 Å². The Morgan fingerprint density at radius 2 is 1.71 bits per heavy atom. The summed E-state index contributed by atoms with van der Waals surface area (Å²) in [5.74, 6) is -1.37. The Labute approximate surface area is 198 Å². The van der Waals surface area contributed by atoms with E-state index in [1.807, 2.05) is 32.0 Å². The molecular formula is C28H26FNO4. The monoisotopic (exact) mass is 459 g/mol. The first kappa shape index (κ1) is 23.2. The average molecular weight is 460 g/mol. The zero-order valence-electron chi connectivity index (χ0n) is 19.1. The minimum atomic E-state index is -0.781. The predicted octanol–water partition coefficient (Wildman–Crippen LogP) is 5.28. The third kappa shape index (κ3) is 4.86. The number of ether oxygens (including phenoxy) is 1. The number of Topliss-reactive ketones (excluding diaryl/α,β-unsaturated/α-hetero) is 1. The van der Waals surface area contributed by atoms with Crippen molar-refractivity contribution < 1.29 is 23.8 Å². The third-order valence-electron chi connectivity index (χ3n) is 5.69. The number of carbonyl (C=O) groups is 2. The van der Waals surface area contributed by atoms with Crippen molar-refractivity contribution in [1.82, 2.24) is 4.90 Å². The van der Waals surface area contributed by atoms with Gasteiger partial charge in [-0.25, -0.2) is 4.39 Å². The van der Waals surface area contributed by atoms with E-state index in [9.17, 15) is 19.1 Å². The number of halogens is 1. The first-order valence-electron chi connectivity index (χ1n) is 11.2. The normalized spacial score (nSPS) is 17.4. The largest absolute Gasteiger partial charge is 0.507 e. The zero-order chi connectivity index (χ0) is 24.2. The van der Waals surface area contributed by atoms with E-state index < -0.39 is 17.7 Å². The van der Waals surface area contributed by atoms with Gasteiger partial charge < -0.3 is 14.7 Å². The number of nitrogens with zero attached hydrogens (tertiary/aromatic N) is 1. The maximum absolute atomic E-state index is 13.3. The van der Waals surface area contributed by atoms with Crippen LogP contribution in [-0.4, -0.2) is 34.3 Å². The van der Waals surface area contributed by atoms with E-state index in [-0.39, 0.29) is 29.8 Å². The van der Waals surface area contributed by atoms with Gasteiger partial charge in [-0.3, -0.25) is 9.59 Å². The van der Waals surface area contributed by atoms with E-state index in [1.54, 1.807) is 48.5 Å². The van der Waals surface area contributed by atoms with Gasteiger partial charge in [-0.05, 0) is 55.7 Å².